The molecule has 0 aliphatic carbocycles. The summed E-state index contributed by atoms with van der Waals surface area (Å²) in [5, 5.41) is 14.2. The second kappa shape index (κ2) is 4.65. The highest BCUT2D eigenvalue weighted by atomic mass is 79.9. The van der Waals surface area contributed by atoms with Crippen molar-refractivity contribution in [2.45, 2.75) is 19.8 Å². The van der Waals surface area contributed by atoms with Crippen molar-refractivity contribution in [3.8, 4) is 16.9 Å². The number of aromatic hydroxyl groups is 1. The summed E-state index contributed by atoms with van der Waals surface area (Å²) in [5.41, 5.74) is 8.43. The summed E-state index contributed by atoms with van der Waals surface area (Å²) in [6, 6.07) is 3.66. The molecule has 0 unspecified atom stereocenters. The van der Waals surface area contributed by atoms with Gasteiger partial charge in [-0.2, -0.15) is 5.10 Å². The number of aromatic nitrogens is 2. The second-order valence-electron chi connectivity index (χ2n) is 4.61. The third-order valence-electron chi connectivity index (χ3n) is 3.01. The van der Waals surface area contributed by atoms with E-state index < -0.39 is 0 Å². The monoisotopic (exact) mass is 309 g/mol. The number of phenolic OH excluding ortho intramolecular Hbond substituents is 1. The Morgan fingerprint density at radius 1 is 1.33 bits per heavy atom. The molecule has 0 aliphatic rings. The number of phenols is 1. The molecule has 3 N–H and O–H groups in total. The maximum atomic E-state index is 10.1. The molecular weight excluding hydrogens is 294 g/mol. The Hall–Kier alpha value is -1.49. The summed E-state index contributed by atoms with van der Waals surface area (Å²) in [7, 11) is 1.77. The summed E-state index contributed by atoms with van der Waals surface area (Å²) in [6.07, 6.45) is 1.66. The predicted molar refractivity (Wildman–Crippen MR) is 76.5 cm³/mol. The highest BCUT2D eigenvalue weighted by Crippen LogP contribution is 2.38. The fourth-order valence-corrected chi connectivity index (χ4v) is 2.69. The summed E-state index contributed by atoms with van der Waals surface area (Å²) < 4.78 is 2.55. The molecule has 2 rings (SSSR count). The van der Waals surface area contributed by atoms with Crippen LogP contribution in [0.2, 0.25) is 0 Å². The van der Waals surface area contributed by atoms with E-state index in [0.717, 1.165) is 15.6 Å². The average Bonchev–Trinajstić information content (AvgIpc) is 2.62. The molecule has 0 saturated carbocycles. The number of anilines is 1. The smallest absolute Gasteiger partial charge is 0.129 e. The number of nitrogens with zero attached hydrogens (tertiary/aromatic N) is 2. The van der Waals surface area contributed by atoms with E-state index in [2.05, 4.69) is 34.9 Å². The van der Waals surface area contributed by atoms with Crippen LogP contribution in [0.4, 0.5) is 5.82 Å². The van der Waals surface area contributed by atoms with E-state index in [4.69, 9.17) is 5.73 Å². The Morgan fingerprint density at radius 2 is 2.00 bits per heavy atom. The number of nitrogens with two attached hydrogens (primary N) is 1. The van der Waals surface area contributed by atoms with Gasteiger partial charge in [-0.3, -0.25) is 4.68 Å². The summed E-state index contributed by atoms with van der Waals surface area (Å²) >= 11 is 3.53. The molecular formula is C13H16BrN3O. The fourth-order valence-electron chi connectivity index (χ4n) is 1.89. The molecule has 0 aliphatic heterocycles. The van der Waals surface area contributed by atoms with Crippen LogP contribution in [0.5, 0.6) is 5.75 Å². The molecule has 0 spiro atoms. The molecule has 0 saturated heterocycles. The average molecular weight is 310 g/mol. The zero-order chi connectivity index (χ0) is 13.4. The lowest BCUT2D eigenvalue weighted by atomic mass is 9.98. The Morgan fingerprint density at radius 3 is 2.50 bits per heavy atom. The van der Waals surface area contributed by atoms with Crippen molar-refractivity contribution in [2.75, 3.05) is 5.73 Å². The van der Waals surface area contributed by atoms with Crippen LogP contribution in [-0.2, 0) is 7.05 Å². The van der Waals surface area contributed by atoms with E-state index in [0.29, 0.717) is 17.3 Å². The van der Waals surface area contributed by atoms with Gasteiger partial charge in [-0.15, -0.1) is 0 Å². The molecule has 1 heterocycles. The van der Waals surface area contributed by atoms with Gasteiger partial charge in [-0.05, 0) is 23.6 Å². The lowest BCUT2D eigenvalue weighted by Crippen LogP contribution is -1.98. The van der Waals surface area contributed by atoms with Crippen molar-refractivity contribution in [1.29, 1.82) is 0 Å². The molecule has 1 aromatic carbocycles. The molecule has 0 amide bonds. The van der Waals surface area contributed by atoms with E-state index in [9.17, 15) is 5.11 Å². The highest BCUT2D eigenvalue weighted by molar-refractivity contribution is 9.10. The lowest BCUT2D eigenvalue weighted by molar-refractivity contribution is 0.476. The van der Waals surface area contributed by atoms with Crippen molar-refractivity contribution in [3.05, 3.63) is 28.4 Å². The third kappa shape index (κ3) is 2.10. The van der Waals surface area contributed by atoms with E-state index in [-0.39, 0.29) is 5.75 Å². The number of aryl methyl sites for hydroxylation is 1. The molecule has 5 heteroatoms. The van der Waals surface area contributed by atoms with Crippen molar-refractivity contribution in [3.63, 3.8) is 0 Å². The molecule has 96 valence electrons. The lowest BCUT2D eigenvalue weighted by Gasteiger charge is -2.12. The van der Waals surface area contributed by atoms with Crippen molar-refractivity contribution >= 4 is 21.7 Å². The van der Waals surface area contributed by atoms with E-state index in [1.54, 1.807) is 24.0 Å². The normalized spacial score (nSPS) is 11.2. The van der Waals surface area contributed by atoms with Crippen LogP contribution in [0.1, 0.15) is 25.3 Å². The first-order chi connectivity index (χ1) is 8.41. The van der Waals surface area contributed by atoms with Crippen LogP contribution in [-0.4, -0.2) is 14.9 Å². The van der Waals surface area contributed by atoms with E-state index in [1.165, 1.54) is 0 Å². The first-order valence-electron chi connectivity index (χ1n) is 5.72. The molecule has 0 atom stereocenters. The van der Waals surface area contributed by atoms with Gasteiger partial charge in [0.2, 0.25) is 0 Å². The Bertz CT molecular complexity index is 590. The van der Waals surface area contributed by atoms with Crippen LogP contribution in [0.25, 0.3) is 11.1 Å². The molecule has 4 nitrogen and oxygen atoms in total. The van der Waals surface area contributed by atoms with Gasteiger partial charge in [-0.25, -0.2) is 0 Å². The number of benzene rings is 1. The van der Waals surface area contributed by atoms with E-state index >= 15 is 0 Å². The van der Waals surface area contributed by atoms with Gasteiger partial charge < -0.3 is 10.8 Å². The SMILES string of the molecule is CC(C)c1cc(O)c(-c2cnn(C)c2N)cc1Br. The Kier molecular flexibility index (Phi) is 3.34. The number of halogens is 1. The van der Waals surface area contributed by atoms with Gasteiger partial charge in [0.05, 0.1) is 6.20 Å². The number of hydrogen-bond acceptors (Lipinski definition) is 3. The van der Waals surface area contributed by atoms with Crippen molar-refractivity contribution in [2.24, 2.45) is 7.05 Å². The van der Waals surface area contributed by atoms with Crippen LogP contribution in [0.3, 0.4) is 0 Å². The fraction of sp³-hybridized carbons (Fsp3) is 0.308. The summed E-state index contributed by atoms with van der Waals surface area (Å²) in [4.78, 5) is 0. The largest absolute Gasteiger partial charge is 0.507 e. The topological polar surface area (TPSA) is 64.1 Å². The molecule has 18 heavy (non-hydrogen) atoms. The quantitative estimate of drug-likeness (QED) is 0.895. The zero-order valence-electron chi connectivity index (χ0n) is 10.6. The number of nitrogen functional groups attached to an aromatic ring is 1. The van der Waals surface area contributed by atoms with Crippen LogP contribution >= 0.6 is 15.9 Å². The third-order valence-corrected chi connectivity index (χ3v) is 3.70. The van der Waals surface area contributed by atoms with Crippen LogP contribution < -0.4 is 5.73 Å². The molecule has 0 bridgehead atoms. The van der Waals surface area contributed by atoms with Gasteiger partial charge in [0.25, 0.3) is 0 Å². The zero-order valence-corrected chi connectivity index (χ0v) is 12.2. The van der Waals surface area contributed by atoms with Gasteiger partial charge in [0, 0.05) is 22.6 Å². The van der Waals surface area contributed by atoms with Crippen LogP contribution in [0, 0.1) is 0 Å². The minimum atomic E-state index is 0.224. The van der Waals surface area contributed by atoms with Crippen LogP contribution in [0.15, 0.2) is 22.8 Å². The Labute approximate surface area is 115 Å². The van der Waals surface area contributed by atoms with Gasteiger partial charge >= 0.3 is 0 Å². The summed E-state index contributed by atoms with van der Waals surface area (Å²) in [5.74, 6) is 1.10. The number of hydrogen-bond donors (Lipinski definition) is 2. The maximum absolute atomic E-state index is 10.1. The highest BCUT2D eigenvalue weighted by Gasteiger charge is 2.15. The number of rotatable bonds is 2. The van der Waals surface area contributed by atoms with Crippen molar-refractivity contribution in [1.82, 2.24) is 9.78 Å². The van der Waals surface area contributed by atoms with Gasteiger partial charge in [0.15, 0.2) is 0 Å². The standard InChI is InChI=1S/C13H16BrN3O/c1-7(2)8-5-12(18)9(4-11(8)14)10-6-16-17(3)13(10)15/h4-7,18H,15H2,1-3H3. The van der Waals surface area contributed by atoms with Crippen molar-refractivity contribution < 1.29 is 5.11 Å². The minimum absolute atomic E-state index is 0.224. The minimum Gasteiger partial charge on any atom is -0.507 e. The van der Waals surface area contributed by atoms with Gasteiger partial charge in [0.1, 0.15) is 11.6 Å². The van der Waals surface area contributed by atoms with E-state index in [1.807, 2.05) is 6.07 Å². The first-order valence-corrected chi connectivity index (χ1v) is 6.51. The second-order valence-corrected chi connectivity index (χ2v) is 5.47. The molecule has 2 aromatic rings. The maximum Gasteiger partial charge on any atom is 0.129 e. The molecule has 0 radical (unpaired) electrons. The first kappa shape index (κ1) is 13.0. The van der Waals surface area contributed by atoms with Gasteiger partial charge in [-0.1, -0.05) is 29.8 Å². The Balaban J connectivity index is 2.60. The molecule has 1 aromatic heterocycles. The molecule has 0 fully saturated rings. The predicted octanol–water partition coefficient (Wildman–Crippen LogP) is 3.26. The summed E-state index contributed by atoms with van der Waals surface area (Å²) in [6.45, 7) is 4.16.